The first kappa shape index (κ1) is 29.7. The van der Waals surface area contributed by atoms with Crippen molar-refractivity contribution in [2.75, 3.05) is 38.1 Å². The Labute approximate surface area is 258 Å². The lowest BCUT2D eigenvalue weighted by Gasteiger charge is -2.45. The van der Waals surface area contributed by atoms with Crippen molar-refractivity contribution in [3.05, 3.63) is 96.2 Å². The molecule has 43 heavy (non-hydrogen) atoms. The van der Waals surface area contributed by atoms with E-state index in [1.165, 1.54) is 37.7 Å². The van der Waals surface area contributed by atoms with E-state index in [1.54, 1.807) is 0 Å². The van der Waals surface area contributed by atoms with Crippen molar-refractivity contribution < 1.29 is 9.53 Å². The number of aromatic nitrogens is 1. The SMILES string of the molecule is CN(C(=O)OCc1ccccc1)C1CCC(CCN2CCC(N(CC3CC3)c3ccccn3)CC2)(c2ccccc2)CC1. The lowest BCUT2D eigenvalue weighted by Crippen LogP contribution is -2.48. The summed E-state index contributed by atoms with van der Waals surface area (Å²) < 4.78 is 5.66. The number of nitrogens with zero attached hydrogens (tertiary/aromatic N) is 4. The van der Waals surface area contributed by atoms with E-state index in [4.69, 9.17) is 9.72 Å². The van der Waals surface area contributed by atoms with Gasteiger partial charge in [0.25, 0.3) is 0 Å². The zero-order valence-electron chi connectivity index (χ0n) is 25.8. The fourth-order valence-electron chi connectivity index (χ4n) is 7.35. The van der Waals surface area contributed by atoms with Crippen LogP contribution in [0.25, 0.3) is 0 Å². The number of anilines is 1. The van der Waals surface area contributed by atoms with Crippen molar-refractivity contribution in [3.63, 3.8) is 0 Å². The monoisotopic (exact) mass is 580 g/mol. The van der Waals surface area contributed by atoms with Gasteiger partial charge in [-0.1, -0.05) is 66.7 Å². The molecule has 1 amide bonds. The summed E-state index contributed by atoms with van der Waals surface area (Å²) in [5.41, 5.74) is 2.64. The third kappa shape index (κ3) is 7.59. The topological polar surface area (TPSA) is 48.9 Å². The van der Waals surface area contributed by atoms with Gasteiger partial charge in [-0.25, -0.2) is 9.78 Å². The minimum atomic E-state index is -0.217. The molecule has 2 heterocycles. The molecular formula is C37H48N4O2. The Hall–Kier alpha value is -3.38. The maximum Gasteiger partial charge on any atom is 0.410 e. The standard InChI is InChI=1S/C37H48N4O2/c1-39(36(42)43-29-31-10-4-2-5-11-31)33-17-21-37(22-18-33,32-12-6-3-7-13-32)23-27-40-25-19-34(20-26-40)41(28-30-15-16-30)35-14-8-9-24-38-35/h2-14,24,30,33-34H,15-23,25-29H2,1H3. The van der Waals surface area contributed by atoms with Crippen LogP contribution in [0.4, 0.5) is 10.6 Å². The first-order valence-electron chi connectivity index (χ1n) is 16.5. The number of carbonyl (C=O) groups excluding carboxylic acids is 1. The summed E-state index contributed by atoms with van der Waals surface area (Å²) in [4.78, 5) is 24.8. The molecule has 0 radical (unpaired) electrons. The van der Waals surface area contributed by atoms with Crippen LogP contribution in [-0.4, -0.2) is 66.2 Å². The van der Waals surface area contributed by atoms with Gasteiger partial charge in [0.2, 0.25) is 0 Å². The van der Waals surface area contributed by atoms with Gasteiger partial charge >= 0.3 is 6.09 Å². The molecule has 6 rings (SSSR count). The number of pyridine rings is 1. The summed E-state index contributed by atoms with van der Waals surface area (Å²) in [6.45, 7) is 4.92. The van der Waals surface area contributed by atoms with E-state index in [2.05, 4.69) is 52.3 Å². The zero-order valence-corrected chi connectivity index (χ0v) is 25.8. The summed E-state index contributed by atoms with van der Waals surface area (Å²) in [5, 5.41) is 0. The summed E-state index contributed by atoms with van der Waals surface area (Å²) in [5.74, 6) is 2.01. The highest BCUT2D eigenvalue weighted by Crippen LogP contribution is 2.44. The molecule has 2 aromatic carbocycles. The number of benzene rings is 2. The molecule has 0 bridgehead atoms. The predicted molar refractivity (Wildman–Crippen MR) is 173 cm³/mol. The molecule has 0 spiro atoms. The van der Waals surface area contributed by atoms with Crippen LogP contribution in [0.1, 0.15) is 68.9 Å². The van der Waals surface area contributed by atoms with Gasteiger partial charge in [-0.15, -0.1) is 0 Å². The Balaban J connectivity index is 1.03. The first-order valence-corrected chi connectivity index (χ1v) is 16.5. The molecule has 0 unspecified atom stereocenters. The first-order chi connectivity index (χ1) is 21.1. The predicted octanol–water partition coefficient (Wildman–Crippen LogP) is 7.30. The molecule has 0 N–H and O–H groups in total. The molecule has 6 heteroatoms. The van der Waals surface area contributed by atoms with E-state index in [9.17, 15) is 4.79 Å². The second kappa shape index (κ2) is 13.9. The number of rotatable bonds is 11. The number of hydrogen-bond donors (Lipinski definition) is 0. The molecule has 3 aromatic rings. The van der Waals surface area contributed by atoms with Crippen molar-refractivity contribution in [1.29, 1.82) is 0 Å². The third-order valence-electron chi connectivity index (χ3n) is 10.3. The molecule has 1 aromatic heterocycles. The van der Waals surface area contributed by atoms with Gasteiger partial charge in [0, 0.05) is 45.0 Å². The van der Waals surface area contributed by atoms with E-state index < -0.39 is 0 Å². The highest BCUT2D eigenvalue weighted by molar-refractivity contribution is 5.67. The fourth-order valence-corrected chi connectivity index (χ4v) is 7.35. The van der Waals surface area contributed by atoms with E-state index >= 15 is 0 Å². The minimum Gasteiger partial charge on any atom is -0.445 e. The van der Waals surface area contributed by atoms with Gasteiger partial charge in [-0.05, 0) is 98.9 Å². The number of carbonyl (C=O) groups is 1. The minimum absolute atomic E-state index is 0.162. The lowest BCUT2D eigenvalue weighted by atomic mass is 9.66. The molecule has 0 atom stereocenters. The number of ether oxygens (including phenoxy) is 1. The molecule has 3 fully saturated rings. The van der Waals surface area contributed by atoms with Crippen molar-refractivity contribution >= 4 is 11.9 Å². The second-order valence-electron chi connectivity index (χ2n) is 13.1. The van der Waals surface area contributed by atoms with Crippen LogP contribution in [0.3, 0.4) is 0 Å². The number of piperidine rings is 1. The fraction of sp³-hybridized carbons (Fsp3) is 0.514. The normalized spacial score (nSPS) is 23.0. The lowest BCUT2D eigenvalue weighted by molar-refractivity contribution is 0.0731. The van der Waals surface area contributed by atoms with Gasteiger partial charge in [0.1, 0.15) is 12.4 Å². The molecule has 228 valence electrons. The average molecular weight is 581 g/mol. The molecule has 1 aliphatic heterocycles. The van der Waals surface area contributed by atoms with Gasteiger partial charge in [0.15, 0.2) is 0 Å². The maximum absolute atomic E-state index is 12.9. The molecule has 3 aliphatic rings. The van der Waals surface area contributed by atoms with Gasteiger partial charge < -0.3 is 19.4 Å². The highest BCUT2D eigenvalue weighted by Gasteiger charge is 2.39. The van der Waals surface area contributed by atoms with Crippen molar-refractivity contribution in [3.8, 4) is 0 Å². The Morgan fingerprint density at radius 3 is 2.19 bits per heavy atom. The number of hydrogen-bond acceptors (Lipinski definition) is 5. The maximum atomic E-state index is 12.9. The summed E-state index contributed by atoms with van der Waals surface area (Å²) in [6.07, 6.45) is 12.3. The van der Waals surface area contributed by atoms with Crippen LogP contribution in [0.2, 0.25) is 0 Å². The van der Waals surface area contributed by atoms with Crippen molar-refractivity contribution in [2.45, 2.75) is 81.9 Å². The highest BCUT2D eigenvalue weighted by atomic mass is 16.6. The van der Waals surface area contributed by atoms with E-state index in [-0.39, 0.29) is 17.6 Å². The molecule has 2 saturated carbocycles. The number of amides is 1. The van der Waals surface area contributed by atoms with Gasteiger partial charge in [-0.3, -0.25) is 0 Å². The van der Waals surface area contributed by atoms with Gasteiger partial charge in [0.05, 0.1) is 0 Å². The van der Waals surface area contributed by atoms with Crippen LogP contribution in [0.5, 0.6) is 0 Å². The van der Waals surface area contributed by atoms with Crippen LogP contribution >= 0.6 is 0 Å². The smallest absolute Gasteiger partial charge is 0.410 e. The van der Waals surface area contributed by atoms with E-state index in [0.29, 0.717) is 12.6 Å². The van der Waals surface area contributed by atoms with Crippen molar-refractivity contribution in [2.24, 2.45) is 5.92 Å². The third-order valence-corrected chi connectivity index (χ3v) is 10.3. The van der Waals surface area contributed by atoms with E-state index in [1.807, 2.05) is 54.5 Å². The quantitative estimate of drug-likeness (QED) is 0.238. The largest absolute Gasteiger partial charge is 0.445 e. The van der Waals surface area contributed by atoms with Crippen LogP contribution in [0, 0.1) is 5.92 Å². The summed E-state index contributed by atoms with van der Waals surface area (Å²) in [7, 11) is 1.91. The Morgan fingerprint density at radius 2 is 1.53 bits per heavy atom. The second-order valence-corrected chi connectivity index (χ2v) is 13.1. The van der Waals surface area contributed by atoms with Crippen LogP contribution in [-0.2, 0) is 16.8 Å². The average Bonchev–Trinajstić information content (AvgIpc) is 3.91. The molecular weight excluding hydrogens is 532 g/mol. The Kier molecular flexibility index (Phi) is 9.62. The summed E-state index contributed by atoms with van der Waals surface area (Å²) in [6, 6.07) is 28.2. The Bertz CT molecular complexity index is 1270. The summed E-state index contributed by atoms with van der Waals surface area (Å²) >= 11 is 0. The van der Waals surface area contributed by atoms with E-state index in [0.717, 1.165) is 69.2 Å². The zero-order chi connectivity index (χ0) is 29.5. The van der Waals surface area contributed by atoms with Crippen molar-refractivity contribution in [1.82, 2.24) is 14.8 Å². The van der Waals surface area contributed by atoms with Crippen LogP contribution in [0.15, 0.2) is 85.1 Å². The van der Waals surface area contributed by atoms with Crippen LogP contribution < -0.4 is 4.90 Å². The number of likely N-dealkylation sites (tertiary alicyclic amines) is 1. The molecule has 6 nitrogen and oxygen atoms in total. The van der Waals surface area contributed by atoms with Gasteiger partial charge in [-0.2, -0.15) is 0 Å². The Morgan fingerprint density at radius 1 is 0.860 bits per heavy atom. The molecule has 2 aliphatic carbocycles. The molecule has 1 saturated heterocycles.